The predicted molar refractivity (Wildman–Crippen MR) is 257 cm³/mol. The average molecular weight is 844 g/mol. The van der Waals surface area contributed by atoms with E-state index in [-0.39, 0.29) is 0 Å². The molecule has 0 amide bonds. The standard InChI is InChI=1S/C27H45ClO.C19H37NO.C6H6ClN/c1-2-3-4-5-6-7-8-9-10-11-12-13-14-15-16-17-18-22-27(29)24-25-20-19-21-26(28)23-25;1-2-3-4-5-6-7-8-9-10-11-12-13-14-15-16-17-18-20-19-21;7-5-2-1-3-6(8)4-5/h19-21,23H,2-18,22,24H2,1H3;2-18H2,1H3;1-4H,8H2. The minimum Gasteiger partial charge on any atom is -0.399 e. The number of hydrogen-bond acceptors (Lipinski definition) is 4. The van der Waals surface area contributed by atoms with Gasteiger partial charge in [-0.3, -0.25) is 4.79 Å². The summed E-state index contributed by atoms with van der Waals surface area (Å²) in [7, 11) is 0. The second-order valence-electron chi connectivity index (χ2n) is 16.6. The number of unbranched alkanes of at least 4 members (excludes halogenated alkanes) is 31. The molecule has 0 aliphatic carbocycles. The number of isocyanates is 1. The van der Waals surface area contributed by atoms with Crippen molar-refractivity contribution in [3.05, 3.63) is 64.1 Å². The molecule has 0 heterocycles. The number of carbonyl (C=O) groups is 1. The Morgan fingerprint density at radius 3 is 1.17 bits per heavy atom. The molecule has 0 saturated heterocycles. The summed E-state index contributed by atoms with van der Waals surface area (Å²) < 4.78 is 0. The summed E-state index contributed by atoms with van der Waals surface area (Å²) in [6.45, 7) is 5.23. The highest BCUT2D eigenvalue weighted by molar-refractivity contribution is 6.31. The van der Waals surface area contributed by atoms with E-state index in [0.717, 1.165) is 18.4 Å². The largest absolute Gasteiger partial charge is 0.399 e. The summed E-state index contributed by atoms with van der Waals surface area (Å²) >= 11 is 11.5. The Hall–Kier alpha value is -2.13. The highest BCUT2D eigenvalue weighted by Crippen LogP contribution is 2.17. The summed E-state index contributed by atoms with van der Waals surface area (Å²) in [6, 6.07) is 14.8. The van der Waals surface area contributed by atoms with Crippen LogP contribution < -0.4 is 5.73 Å². The lowest BCUT2D eigenvalue weighted by molar-refractivity contribution is -0.118. The fourth-order valence-electron chi connectivity index (χ4n) is 7.30. The zero-order valence-electron chi connectivity index (χ0n) is 37.7. The molecule has 4 nitrogen and oxygen atoms in total. The monoisotopic (exact) mass is 843 g/mol. The third kappa shape index (κ3) is 43.4. The van der Waals surface area contributed by atoms with Crippen molar-refractivity contribution in [3.8, 4) is 0 Å². The molecule has 6 heteroatoms. The Morgan fingerprint density at radius 1 is 0.500 bits per heavy atom. The number of nitrogens with zero attached hydrogens (tertiary/aromatic N) is 1. The minimum atomic E-state index is 0.341. The number of hydrogen-bond donors (Lipinski definition) is 1. The summed E-state index contributed by atoms with van der Waals surface area (Å²) in [5.41, 5.74) is 7.12. The third-order valence-electron chi connectivity index (χ3n) is 10.9. The molecule has 2 rings (SSSR count). The van der Waals surface area contributed by atoms with Gasteiger partial charge in [0.1, 0.15) is 5.78 Å². The van der Waals surface area contributed by atoms with Crippen LogP contribution in [0.2, 0.25) is 10.0 Å². The second-order valence-corrected chi connectivity index (χ2v) is 17.5. The van der Waals surface area contributed by atoms with Crippen molar-refractivity contribution in [2.24, 2.45) is 4.99 Å². The lowest BCUT2D eigenvalue weighted by Crippen LogP contribution is -2.02. The van der Waals surface area contributed by atoms with E-state index in [1.807, 2.05) is 30.3 Å². The highest BCUT2D eigenvalue weighted by Gasteiger charge is 2.04. The smallest absolute Gasteiger partial charge is 0.234 e. The topological polar surface area (TPSA) is 72.5 Å². The molecule has 58 heavy (non-hydrogen) atoms. The van der Waals surface area contributed by atoms with Gasteiger partial charge >= 0.3 is 0 Å². The first-order valence-electron chi connectivity index (χ1n) is 24.2. The van der Waals surface area contributed by atoms with E-state index >= 15 is 0 Å². The molecule has 2 aromatic carbocycles. The van der Waals surface area contributed by atoms with E-state index in [9.17, 15) is 9.59 Å². The van der Waals surface area contributed by atoms with Gasteiger partial charge in [0.15, 0.2) is 0 Å². The van der Waals surface area contributed by atoms with Gasteiger partial charge in [0.2, 0.25) is 6.08 Å². The van der Waals surface area contributed by atoms with Crippen LogP contribution in [0.15, 0.2) is 53.5 Å². The van der Waals surface area contributed by atoms with Gasteiger partial charge in [-0.25, -0.2) is 9.79 Å². The van der Waals surface area contributed by atoms with E-state index in [1.54, 1.807) is 24.3 Å². The third-order valence-corrected chi connectivity index (χ3v) is 11.4. The molecule has 0 bridgehead atoms. The van der Waals surface area contributed by atoms with Crippen LogP contribution in [0.25, 0.3) is 0 Å². The molecule has 0 fully saturated rings. The van der Waals surface area contributed by atoms with Gasteiger partial charge in [-0.1, -0.05) is 254 Å². The van der Waals surface area contributed by atoms with Crippen LogP contribution in [0.1, 0.15) is 238 Å². The van der Waals surface area contributed by atoms with Gasteiger partial charge in [0, 0.05) is 28.6 Å². The summed E-state index contributed by atoms with van der Waals surface area (Å²) in [5.74, 6) is 0.341. The van der Waals surface area contributed by atoms with Crippen molar-refractivity contribution in [3.63, 3.8) is 0 Å². The first kappa shape index (κ1) is 55.9. The zero-order valence-corrected chi connectivity index (χ0v) is 39.2. The zero-order chi connectivity index (χ0) is 42.4. The first-order valence-corrected chi connectivity index (χ1v) is 25.0. The number of nitrogen functional groups attached to an aromatic ring is 1. The van der Waals surface area contributed by atoms with Crippen molar-refractivity contribution < 1.29 is 9.59 Å². The molecule has 332 valence electrons. The van der Waals surface area contributed by atoms with E-state index in [4.69, 9.17) is 28.9 Å². The van der Waals surface area contributed by atoms with Crippen LogP contribution in [0, 0.1) is 0 Å². The number of ketones is 1. The number of Topliss-reactive ketones (excluding diaryl/α,β-unsaturated/α-hetero) is 1. The normalized spacial score (nSPS) is 10.6. The van der Waals surface area contributed by atoms with Gasteiger partial charge in [-0.2, -0.15) is 0 Å². The van der Waals surface area contributed by atoms with Crippen molar-refractivity contribution in [1.29, 1.82) is 0 Å². The number of nitrogens with two attached hydrogens (primary N) is 1. The number of anilines is 1. The van der Waals surface area contributed by atoms with Crippen molar-refractivity contribution >= 4 is 40.8 Å². The van der Waals surface area contributed by atoms with Gasteiger partial charge in [-0.15, -0.1) is 0 Å². The molecule has 0 aliphatic rings. The predicted octanol–water partition coefficient (Wildman–Crippen LogP) is 18.0. The fraction of sp³-hybridized carbons (Fsp3) is 0.731. The van der Waals surface area contributed by atoms with Crippen molar-refractivity contribution in [1.82, 2.24) is 0 Å². The molecule has 0 atom stereocenters. The molecule has 0 saturated carbocycles. The summed E-state index contributed by atoms with van der Waals surface area (Å²) in [5, 5.41) is 1.40. The second kappa shape index (κ2) is 45.9. The van der Waals surface area contributed by atoms with Crippen LogP contribution in [-0.2, 0) is 16.0 Å². The first-order chi connectivity index (χ1) is 28.4. The van der Waals surface area contributed by atoms with Gasteiger partial charge in [0.05, 0.1) is 6.54 Å². The Labute approximate surface area is 368 Å². The Bertz CT molecular complexity index is 1200. The van der Waals surface area contributed by atoms with Crippen LogP contribution in [-0.4, -0.2) is 18.4 Å². The number of rotatable bonds is 37. The summed E-state index contributed by atoms with van der Waals surface area (Å²) in [6.07, 6.45) is 48.2. The van der Waals surface area contributed by atoms with Crippen molar-refractivity contribution in [2.75, 3.05) is 12.3 Å². The lowest BCUT2D eigenvalue weighted by atomic mass is 10.0. The average Bonchev–Trinajstić information content (AvgIpc) is 3.20. The van der Waals surface area contributed by atoms with Crippen LogP contribution in [0.5, 0.6) is 0 Å². The maximum absolute atomic E-state index is 12.0. The quantitative estimate of drug-likeness (QED) is 0.0319. The maximum Gasteiger partial charge on any atom is 0.234 e. The Morgan fingerprint density at radius 2 is 0.845 bits per heavy atom. The molecular formula is C52H88Cl2N2O2. The molecule has 0 aromatic heterocycles. The lowest BCUT2D eigenvalue weighted by Gasteiger charge is -2.04. The fourth-order valence-corrected chi connectivity index (χ4v) is 7.71. The molecular weight excluding hydrogens is 755 g/mol. The number of halogens is 2. The SMILES string of the molecule is CCCCCCCCCCCCCCCCCCCC(=O)Cc1cccc(Cl)c1.CCCCCCCCCCCCCCCCCCN=C=O.Nc1cccc(Cl)c1. The van der Waals surface area contributed by atoms with Crippen LogP contribution in [0.3, 0.4) is 0 Å². The number of benzene rings is 2. The Kier molecular flexibility index (Phi) is 44.3. The number of aliphatic imine (C=N–C) groups is 1. The van der Waals surface area contributed by atoms with E-state index in [2.05, 4.69) is 18.8 Å². The van der Waals surface area contributed by atoms with Crippen LogP contribution in [0.4, 0.5) is 5.69 Å². The molecule has 0 unspecified atom stereocenters. The van der Waals surface area contributed by atoms with Gasteiger partial charge < -0.3 is 5.73 Å². The number of carbonyl (C=O) groups excluding carboxylic acids is 2. The maximum atomic E-state index is 12.0. The van der Waals surface area contributed by atoms with Gasteiger partial charge in [-0.05, 0) is 48.7 Å². The summed E-state index contributed by atoms with van der Waals surface area (Å²) in [4.78, 5) is 25.5. The van der Waals surface area contributed by atoms with Crippen LogP contribution >= 0.6 is 23.2 Å². The van der Waals surface area contributed by atoms with Gasteiger partial charge in [0.25, 0.3) is 0 Å². The van der Waals surface area contributed by atoms with E-state index in [1.165, 1.54) is 199 Å². The molecule has 2 aromatic rings. The van der Waals surface area contributed by atoms with Crippen molar-refractivity contribution in [2.45, 2.75) is 239 Å². The van der Waals surface area contributed by atoms with E-state index in [0.29, 0.717) is 40.9 Å². The highest BCUT2D eigenvalue weighted by atomic mass is 35.5. The molecule has 0 aliphatic heterocycles. The minimum absolute atomic E-state index is 0.341. The molecule has 2 N–H and O–H groups in total. The molecule has 0 radical (unpaired) electrons. The van der Waals surface area contributed by atoms with E-state index < -0.39 is 0 Å². The molecule has 0 spiro atoms. The Balaban J connectivity index is 0.000000969.